The summed E-state index contributed by atoms with van der Waals surface area (Å²) in [6.07, 6.45) is 0. The van der Waals surface area contributed by atoms with Crippen LogP contribution >= 0.6 is 23.4 Å². The minimum absolute atomic E-state index is 0.191. The number of esters is 1. The molecule has 0 fully saturated rings. The molecule has 0 aliphatic rings. The molecule has 0 bridgehead atoms. The van der Waals surface area contributed by atoms with Crippen LogP contribution in [0.15, 0.2) is 24.3 Å². The standard InChI is InChI=1S/C13H16ClNO4S/c1-19-13(18)11(6-16)15-12(17)8-20-7-9-2-4-10(14)5-3-9/h2-5,11,16H,6-8H2,1H3,(H,15,17). The molecule has 0 aliphatic heterocycles. The second-order valence-electron chi connectivity index (χ2n) is 3.95. The molecule has 7 heteroatoms. The summed E-state index contributed by atoms with van der Waals surface area (Å²) >= 11 is 7.18. The lowest BCUT2D eigenvalue weighted by atomic mass is 10.2. The summed E-state index contributed by atoms with van der Waals surface area (Å²) in [4.78, 5) is 22.8. The van der Waals surface area contributed by atoms with Crippen LogP contribution in [-0.4, -0.2) is 42.5 Å². The first-order valence-electron chi connectivity index (χ1n) is 5.87. The van der Waals surface area contributed by atoms with Crippen molar-refractivity contribution in [2.75, 3.05) is 19.5 Å². The van der Waals surface area contributed by atoms with Crippen LogP contribution in [0.5, 0.6) is 0 Å². The van der Waals surface area contributed by atoms with Gasteiger partial charge >= 0.3 is 5.97 Å². The van der Waals surface area contributed by atoms with E-state index in [1.165, 1.54) is 18.9 Å². The number of rotatable bonds is 7. The third-order valence-electron chi connectivity index (χ3n) is 2.42. The highest BCUT2D eigenvalue weighted by Gasteiger charge is 2.19. The molecular weight excluding hydrogens is 302 g/mol. The van der Waals surface area contributed by atoms with Crippen LogP contribution in [0.3, 0.4) is 0 Å². The molecule has 0 aliphatic carbocycles. The Morgan fingerprint density at radius 1 is 1.40 bits per heavy atom. The van der Waals surface area contributed by atoms with Crippen molar-refractivity contribution in [1.29, 1.82) is 0 Å². The minimum Gasteiger partial charge on any atom is -0.467 e. The van der Waals surface area contributed by atoms with Gasteiger partial charge in [0.25, 0.3) is 0 Å². The van der Waals surface area contributed by atoms with Gasteiger partial charge in [-0.25, -0.2) is 4.79 Å². The number of carbonyl (C=O) groups is 2. The largest absolute Gasteiger partial charge is 0.467 e. The van der Waals surface area contributed by atoms with E-state index in [0.717, 1.165) is 5.56 Å². The van der Waals surface area contributed by atoms with Gasteiger partial charge in [0.2, 0.25) is 5.91 Å². The Morgan fingerprint density at radius 2 is 2.05 bits per heavy atom. The summed E-state index contributed by atoms with van der Waals surface area (Å²) in [5.41, 5.74) is 1.05. The van der Waals surface area contributed by atoms with E-state index in [1.807, 2.05) is 12.1 Å². The van der Waals surface area contributed by atoms with Crippen molar-refractivity contribution in [2.24, 2.45) is 0 Å². The maximum absolute atomic E-state index is 11.6. The summed E-state index contributed by atoms with van der Waals surface area (Å²) in [5.74, 6) is -0.139. The van der Waals surface area contributed by atoms with Gasteiger partial charge in [0.1, 0.15) is 0 Å². The molecule has 20 heavy (non-hydrogen) atoms. The molecule has 0 saturated heterocycles. The predicted molar refractivity (Wildman–Crippen MR) is 78.6 cm³/mol. The van der Waals surface area contributed by atoms with Crippen LogP contribution in [0.2, 0.25) is 5.02 Å². The summed E-state index contributed by atoms with van der Waals surface area (Å²) in [5, 5.41) is 12.0. The van der Waals surface area contributed by atoms with Crippen molar-refractivity contribution < 1.29 is 19.4 Å². The van der Waals surface area contributed by atoms with Gasteiger partial charge in [-0.1, -0.05) is 23.7 Å². The number of nitrogens with one attached hydrogen (secondary N) is 1. The van der Waals surface area contributed by atoms with Crippen LogP contribution in [0, 0.1) is 0 Å². The maximum Gasteiger partial charge on any atom is 0.330 e. The molecule has 1 atom stereocenters. The molecule has 1 unspecified atom stereocenters. The zero-order chi connectivity index (χ0) is 15.0. The van der Waals surface area contributed by atoms with Gasteiger partial charge < -0.3 is 15.2 Å². The maximum atomic E-state index is 11.6. The van der Waals surface area contributed by atoms with E-state index >= 15 is 0 Å². The van der Waals surface area contributed by atoms with Crippen LogP contribution in [0.25, 0.3) is 0 Å². The van der Waals surface area contributed by atoms with Gasteiger partial charge in [0.15, 0.2) is 6.04 Å². The Morgan fingerprint density at radius 3 is 2.60 bits per heavy atom. The van der Waals surface area contributed by atoms with Crippen molar-refractivity contribution in [3.05, 3.63) is 34.9 Å². The number of benzene rings is 1. The van der Waals surface area contributed by atoms with E-state index in [-0.39, 0.29) is 11.7 Å². The normalized spacial score (nSPS) is 11.8. The van der Waals surface area contributed by atoms with Crippen LogP contribution in [0.1, 0.15) is 5.56 Å². The summed E-state index contributed by atoms with van der Waals surface area (Å²) in [6.45, 7) is -0.486. The van der Waals surface area contributed by atoms with Gasteiger partial charge in [-0.05, 0) is 17.7 Å². The third kappa shape index (κ3) is 5.81. The first-order chi connectivity index (χ1) is 9.56. The summed E-state index contributed by atoms with van der Waals surface area (Å²) in [7, 11) is 1.20. The van der Waals surface area contributed by atoms with Crippen LogP contribution < -0.4 is 5.32 Å². The van der Waals surface area contributed by atoms with Crippen LogP contribution in [0.4, 0.5) is 0 Å². The highest BCUT2D eigenvalue weighted by Crippen LogP contribution is 2.15. The number of ether oxygens (including phenoxy) is 1. The number of thioether (sulfide) groups is 1. The summed E-state index contributed by atoms with van der Waals surface area (Å²) < 4.78 is 4.46. The number of hydrogen-bond donors (Lipinski definition) is 2. The number of carbonyl (C=O) groups excluding carboxylic acids is 2. The Bertz CT molecular complexity index is 452. The van der Waals surface area contributed by atoms with E-state index in [4.69, 9.17) is 16.7 Å². The monoisotopic (exact) mass is 317 g/mol. The molecule has 0 heterocycles. The van der Waals surface area contributed by atoms with Crippen molar-refractivity contribution in [1.82, 2.24) is 5.32 Å². The quantitative estimate of drug-likeness (QED) is 0.740. The molecule has 0 radical (unpaired) electrons. The second-order valence-corrected chi connectivity index (χ2v) is 5.37. The number of amides is 1. The molecule has 2 N–H and O–H groups in total. The number of aliphatic hydroxyl groups excluding tert-OH is 1. The van der Waals surface area contributed by atoms with E-state index < -0.39 is 18.6 Å². The molecule has 5 nitrogen and oxygen atoms in total. The van der Waals surface area contributed by atoms with Gasteiger partial charge in [-0.3, -0.25) is 4.79 Å². The zero-order valence-electron chi connectivity index (χ0n) is 11.0. The molecule has 0 spiro atoms. The fourth-order valence-electron chi connectivity index (χ4n) is 1.40. The van der Waals surface area contributed by atoms with Crippen molar-refractivity contribution in [3.63, 3.8) is 0 Å². The number of aliphatic hydroxyl groups is 1. The fourth-order valence-corrected chi connectivity index (χ4v) is 2.32. The molecule has 1 aromatic rings. The predicted octanol–water partition coefficient (Wildman–Crippen LogP) is 1.22. The Hall–Kier alpha value is -1.24. The Kier molecular flexibility index (Phi) is 7.43. The first kappa shape index (κ1) is 16.8. The summed E-state index contributed by atoms with van der Waals surface area (Å²) in [6, 6.07) is 6.34. The van der Waals surface area contributed by atoms with Gasteiger partial charge in [0, 0.05) is 10.8 Å². The first-order valence-corrected chi connectivity index (χ1v) is 7.40. The van der Waals surface area contributed by atoms with E-state index in [1.54, 1.807) is 12.1 Å². The van der Waals surface area contributed by atoms with Gasteiger partial charge in [0.05, 0.1) is 19.5 Å². The highest BCUT2D eigenvalue weighted by molar-refractivity contribution is 7.99. The number of hydrogen-bond acceptors (Lipinski definition) is 5. The molecular formula is C13H16ClNO4S. The van der Waals surface area contributed by atoms with Crippen molar-refractivity contribution in [3.8, 4) is 0 Å². The Labute approximate surface area is 126 Å². The lowest BCUT2D eigenvalue weighted by molar-refractivity contribution is -0.145. The van der Waals surface area contributed by atoms with Gasteiger partial charge in [-0.2, -0.15) is 0 Å². The van der Waals surface area contributed by atoms with E-state index in [2.05, 4.69) is 10.1 Å². The highest BCUT2D eigenvalue weighted by atomic mass is 35.5. The molecule has 0 saturated carbocycles. The lowest BCUT2D eigenvalue weighted by Gasteiger charge is -2.13. The molecule has 1 rings (SSSR count). The van der Waals surface area contributed by atoms with E-state index in [0.29, 0.717) is 10.8 Å². The minimum atomic E-state index is -1.01. The smallest absolute Gasteiger partial charge is 0.330 e. The second kappa shape index (κ2) is 8.84. The van der Waals surface area contributed by atoms with Crippen molar-refractivity contribution >= 4 is 35.2 Å². The topological polar surface area (TPSA) is 75.6 Å². The van der Waals surface area contributed by atoms with E-state index in [9.17, 15) is 9.59 Å². The lowest BCUT2D eigenvalue weighted by Crippen LogP contribution is -2.44. The Balaban J connectivity index is 2.32. The van der Waals surface area contributed by atoms with Crippen LogP contribution in [-0.2, 0) is 20.1 Å². The number of halogens is 1. The average Bonchev–Trinajstić information content (AvgIpc) is 2.46. The molecule has 1 amide bonds. The van der Waals surface area contributed by atoms with Gasteiger partial charge in [-0.15, -0.1) is 11.8 Å². The average molecular weight is 318 g/mol. The van der Waals surface area contributed by atoms with Crippen molar-refractivity contribution in [2.45, 2.75) is 11.8 Å². The molecule has 1 aromatic carbocycles. The SMILES string of the molecule is COC(=O)C(CO)NC(=O)CSCc1ccc(Cl)cc1. The number of methoxy groups -OCH3 is 1. The fraction of sp³-hybridized carbons (Fsp3) is 0.385. The third-order valence-corrected chi connectivity index (χ3v) is 3.67. The molecule has 110 valence electrons. The molecule has 0 aromatic heterocycles. The zero-order valence-corrected chi connectivity index (χ0v) is 12.5.